The van der Waals surface area contributed by atoms with E-state index in [-0.39, 0.29) is 0 Å². The second kappa shape index (κ2) is 4.18. The molecule has 0 saturated heterocycles. The number of hydrogen-bond donors (Lipinski definition) is 1. The fourth-order valence-corrected chi connectivity index (χ4v) is 2.01. The Morgan fingerprint density at radius 1 is 1.69 bits per heavy atom. The summed E-state index contributed by atoms with van der Waals surface area (Å²) in [6.45, 7) is 1.98. The monoisotopic (exact) mass is 198 g/mol. The fourth-order valence-electron chi connectivity index (χ4n) is 1.14. The van der Waals surface area contributed by atoms with Crippen LogP contribution in [0.2, 0.25) is 0 Å². The van der Waals surface area contributed by atoms with Gasteiger partial charge >= 0.3 is 5.97 Å². The van der Waals surface area contributed by atoms with Crippen LogP contribution in [0.25, 0.3) is 0 Å². The standard InChI is InChI=1S/C9H10O3S/c1-2-3-6-4-7(5-10)13-8(6)9(11)12/h4-5H,2-3H2,1H3,(H,11,12). The van der Waals surface area contributed by atoms with E-state index in [0.717, 1.165) is 23.3 Å². The molecule has 1 aromatic rings. The number of thiophene rings is 1. The van der Waals surface area contributed by atoms with Gasteiger partial charge in [0.25, 0.3) is 0 Å². The average molecular weight is 198 g/mol. The molecule has 13 heavy (non-hydrogen) atoms. The van der Waals surface area contributed by atoms with Crippen LogP contribution in [0.4, 0.5) is 0 Å². The van der Waals surface area contributed by atoms with Gasteiger partial charge in [-0.1, -0.05) is 13.3 Å². The molecular weight excluding hydrogens is 188 g/mol. The number of hydrogen-bond acceptors (Lipinski definition) is 3. The van der Waals surface area contributed by atoms with Crippen molar-refractivity contribution in [2.45, 2.75) is 19.8 Å². The van der Waals surface area contributed by atoms with E-state index in [1.165, 1.54) is 0 Å². The summed E-state index contributed by atoms with van der Waals surface area (Å²) in [5.41, 5.74) is 0.766. The third kappa shape index (κ3) is 2.15. The molecule has 0 radical (unpaired) electrons. The summed E-state index contributed by atoms with van der Waals surface area (Å²) in [7, 11) is 0. The van der Waals surface area contributed by atoms with Gasteiger partial charge in [0, 0.05) is 0 Å². The Bertz CT molecular complexity index is 328. The molecule has 70 valence electrons. The van der Waals surface area contributed by atoms with E-state index in [1.807, 2.05) is 6.92 Å². The summed E-state index contributed by atoms with van der Waals surface area (Å²) in [4.78, 5) is 21.9. The highest BCUT2D eigenvalue weighted by Gasteiger charge is 2.13. The Balaban J connectivity index is 3.07. The topological polar surface area (TPSA) is 54.4 Å². The summed E-state index contributed by atoms with van der Waals surface area (Å²) in [6.07, 6.45) is 2.29. The normalized spacial score (nSPS) is 9.92. The van der Waals surface area contributed by atoms with Gasteiger partial charge in [-0.25, -0.2) is 4.79 Å². The molecule has 3 nitrogen and oxygen atoms in total. The lowest BCUT2D eigenvalue weighted by Crippen LogP contribution is -1.96. The molecule has 4 heteroatoms. The van der Waals surface area contributed by atoms with Crippen LogP contribution < -0.4 is 0 Å². The van der Waals surface area contributed by atoms with Gasteiger partial charge in [-0.2, -0.15) is 0 Å². The maximum Gasteiger partial charge on any atom is 0.346 e. The summed E-state index contributed by atoms with van der Waals surface area (Å²) in [6, 6.07) is 1.66. The molecule has 0 unspecified atom stereocenters. The largest absolute Gasteiger partial charge is 0.477 e. The molecule has 0 saturated carbocycles. The number of carboxylic acid groups (broad SMARTS) is 1. The molecule has 0 aromatic carbocycles. The van der Waals surface area contributed by atoms with Gasteiger partial charge in [0.15, 0.2) is 6.29 Å². The predicted octanol–water partition coefficient (Wildman–Crippen LogP) is 2.21. The van der Waals surface area contributed by atoms with Gasteiger partial charge in [0.2, 0.25) is 0 Å². The minimum absolute atomic E-state index is 0.295. The summed E-state index contributed by atoms with van der Waals surface area (Å²) < 4.78 is 0. The first-order valence-electron chi connectivity index (χ1n) is 4.00. The highest BCUT2D eigenvalue weighted by Crippen LogP contribution is 2.22. The maximum atomic E-state index is 10.7. The third-order valence-corrected chi connectivity index (χ3v) is 2.75. The van der Waals surface area contributed by atoms with Crippen molar-refractivity contribution in [3.8, 4) is 0 Å². The van der Waals surface area contributed by atoms with Gasteiger partial charge in [0.05, 0.1) is 4.88 Å². The van der Waals surface area contributed by atoms with E-state index in [4.69, 9.17) is 5.11 Å². The Morgan fingerprint density at radius 3 is 2.85 bits per heavy atom. The Kier molecular flexibility index (Phi) is 3.19. The summed E-state index contributed by atoms with van der Waals surface area (Å²) >= 11 is 1.04. The second-order valence-corrected chi connectivity index (χ2v) is 3.76. The van der Waals surface area contributed by atoms with Crippen LogP contribution in [0, 0.1) is 0 Å². The van der Waals surface area contributed by atoms with Crippen LogP contribution in [-0.2, 0) is 6.42 Å². The van der Waals surface area contributed by atoms with Crippen LogP contribution in [0.5, 0.6) is 0 Å². The predicted molar refractivity (Wildman–Crippen MR) is 50.7 cm³/mol. The SMILES string of the molecule is CCCc1cc(C=O)sc1C(=O)O. The minimum Gasteiger partial charge on any atom is -0.477 e. The first kappa shape index (κ1) is 9.92. The van der Waals surface area contributed by atoms with Gasteiger partial charge in [0.1, 0.15) is 4.88 Å². The third-order valence-electron chi connectivity index (χ3n) is 1.66. The van der Waals surface area contributed by atoms with Crippen molar-refractivity contribution in [3.05, 3.63) is 21.4 Å². The molecule has 0 bridgehead atoms. The van der Waals surface area contributed by atoms with Crippen LogP contribution in [-0.4, -0.2) is 17.4 Å². The van der Waals surface area contributed by atoms with Gasteiger partial charge in [-0.05, 0) is 18.1 Å². The van der Waals surface area contributed by atoms with Crippen molar-refractivity contribution < 1.29 is 14.7 Å². The number of carbonyl (C=O) groups is 2. The molecule has 0 amide bonds. The van der Waals surface area contributed by atoms with Crippen molar-refractivity contribution in [1.29, 1.82) is 0 Å². The van der Waals surface area contributed by atoms with Gasteiger partial charge < -0.3 is 5.11 Å². The molecule has 0 spiro atoms. The number of aryl methyl sites for hydroxylation is 1. The van der Waals surface area contributed by atoms with Crippen molar-refractivity contribution in [2.24, 2.45) is 0 Å². The zero-order valence-corrected chi connectivity index (χ0v) is 8.06. The van der Waals surface area contributed by atoms with Crippen LogP contribution >= 0.6 is 11.3 Å². The molecular formula is C9H10O3S. The van der Waals surface area contributed by atoms with Gasteiger partial charge in [-0.3, -0.25) is 4.79 Å². The lowest BCUT2D eigenvalue weighted by atomic mass is 10.1. The van der Waals surface area contributed by atoms with Crippen molar-refractivity contribution in [2.75, 3.05) is 0 Å². The molecule has 0 atom stereocenters. The lowest BCUT2D eigenvalue weighted by molar-refractivity contribution is 0.0701. The number of carboxylic acids is 1. The fraction of sp³-hybridized carbons (Fsp3) is 0.333. The second-order valence-electron chi connectivity index (χ2n) is 2.68. The van der Waals surface area contributed by atoms with Crippen LogP contribution in [0.1, 0.15) is 38.3 Å². The van der Waals surface area contributed by atoms with E-state index in [1.54, 1.807) is 6.07 Å². The van der Waals surface area contributed by atoms with Crippen molar-refractivity contribution in [3.63, 3.8) is 0 Å². The maximum absolute atomic E-state index is 10.7. The summed E-state index contributed by atoms with van der Waals surface area (Å²) in [5.74, 6) is -0.943. The number of aromatic carboxylic acids is 1. The highest BCUT2D eigenvalue weighted by atomic mass is 32.1. The quantitative estimate of drug-likeness (QED) is 0.754. The van der Waals surface area contributed by atoms with E-state index in [2.05, 4.69) is 0 Å². The molecule has 1 heterocycles. The zero-order chi connectivity index (χ0) is 9.84. The van der Waals surface area contributed by atoms with E-state index >= 15 is 0 Å². The summed E-state index contributed by atoms with van der Waals surface area (Å²) in [5, 5.41) is 8.80. The van der Waals surface area contributed by atoms with Gasteiger partial charge in [-0.15, -0.1) is 11.3 Å². The van der Waals surface area contributed by atoms with E-state index in [9.17, 15) is 9.59 Å². The molecule has 1 rings (SSSR count). The molecule has 1 N–H and O–H groups in total. The van der Waals surface area contributed by atoms with E-state index in [0.29, 0.717) is 22.5 Å². The Hall–Kier alpha value is -1.16. The molecule has 0 aliphatic rings. The van der Waals surface area contributed by atoms with Crippen LogP contribution in [0.3, 0.4) is 0 Å². The van der Waals surface area contributed by atoms with Crippen molar-refractivity contribution >= 4 is 23.6 Å². The first-order valence-corrected chi connectivity index (χ1v) is 4.81. The zero-order valence-electron chi connectivity index (χ0n) is 7.24. The highest BCUT2D eigenvalue weighted by molar-refractivity contribution is 7.15. The Labute approximate surface area is 80.0 Å². The lowest BCUT2D eigenvalue weighted by Gasteiger charge is -1.94. The van der Waals surface area contributed by atoms with Crippen molar-refractivity contribution in [1.82, 2.24) is 0 Å². The number of aldehydes is 1. The number of rotatable bonds is 4. The molecule has 0 aliphatic heterocycles. The molecule has 0 aliphatic carbocycles. The minimum atomic E-state index is -0.943. The Morgan fingerprint density at radius 2 is 2.38 bits per heavy atom. The molecule has 0 fully saturated rings. The number of carbonyl (C=O) groups excluding carboxylic acids is 1. The first-order chi connectivity index (χ1) is 6.19. The van der Waals surface area contributed by atoms with E-state index < -0.39 is 5.97 Å². The van der Waals surface area contributed by atoms with Crippen LogP contribution in [0.15, 0.2) is 6.07 Å². The smallest absolute Gasteiger partial charge is 0.346 e. The average Bonchev–Trinajstić information content (AvgIpc) is 2.48. The molecule has 1 aromatic heterocycles.